The first-order valence-corrected chi connectivity index (χ1v) is 10.0. The summed E-state index contributed by atoms with van der Waals surface area (Å²) in [5.74, 6) is 0.0462. The van der Waals surface area contributed by atoms with Gasteiger partial charge in [-0.25, -0.2) is 17.8 Å². The first-order valence-electron chi connectivity index (χ1n) is 8.60. The van der Waals surface area contributed by atoms with Crippen LogP contribution in [0.25, 0.3) is 0 Å². The highest BCUT2D eigenvalue weighted by Crippen LogP contribution is 2.27. The van der Waals surface area contributed by atoms with E-state index < -0.39 is 21.6 Å². The standard InChI is InChI=1S/C20H20N2O6S/c1-13-5-7-16(11-14(13)2)29(25,26)22-10-9-21(20(22)24)19(23)15-6-8-17(27-3)18(12-15)28-4/h5-12H,1-4H3. The number of carbonyl (C=O) groups excluding carboxylic acids is 1. The lowest BCUT2D eigenvalue weighted by Gasteiger charge is -2.09. The molecule has 1 aromatic heterocycles. The molecular weight excluding hydrogens is 396 g/mol. The Bertz CT molecular complexity index is 1250. The molecule has 152 valence electrons. The molecular formula is C20H20N2O6S. The number of imidazole rings is 1. The van der Waals surface area contributed by atoms with E-state index in [-0.39, 0.29) is 10.5 Å². The van der Waals surface area contributed by atoms with Crippen molar-refractivity contribution in [3.63, 3.8) is 0 Å². The molecule has 9 heteroatoms. The zero-order valence-corrected chi connectivity index (χ0v) is 17.2. The second-order valence-corrected chi connectivity index (χ2v) is 8.19. The maximum Gasteiger partial charge on any atom is 0.349 e. The third-order valence-electron chi connectivity index (χ3n) is 4.63. The van der Waals surface area contributed by atoms with Gasteiger partial charge in [-0.3, -0.25) is 4.79 Å². The van der Waals surface area contributed by atoms with Gasteiger partial charge in [-0.15, -0.1) is 0 Å². The van der Waals surface area contributed by atoms with Crippen molar-refractivity contribution < 1.29 is 22.7 Å². The number of ether oxygens (including phenoxy) is 2. The van der Waals surface area contributed by atoms with Gasteiger partial charge in [0.15, 0.2) is 11.5 Å². The van der Waals surface area contributed by atoms with E-state index in [1.807, 2.05) is 6.92 Å². The third kappa shape index (κ3) is 3.56. The summed E-state index contributed by atoms with van der Waals surface area (Å²) in [6.45, 7) is 3.64. The lowest BCUT2D eigenvalue weighted by molar-refractivity contribution is 0.0955. The van der Waals surface area contributed by atoms with E-state index in [1.165, 1.54) is 44.6 Å². The fraction of sp³-hybridized carbons (Fsp3) is 0.200. The summed E-state index contributed by atoms with van der Waals surface area (Å²) >= 11 is 0. The van der Waals surface area contributed by atoms with E-state index >= 15 is 0 Å². The van der Waals surface area contributed by atoms with Crippen molar-refractivity contribution in [1.82, 2.24) is 8.54 Å². The van der Waals surface area contributed by atoms with Crippen molar-refractivity contribution in [2.75, 3.05) is 14.2 Å². The molecule has 2 aromatic carbocycles. The van der Waals surface area contributed by atoms with Crippen LogP contribution in [0.15, 0.2) is 58.5 Å². The Labute approximate surface area is 168 Å². The van der Waals surface area contributed by atoms with Gasteiger partial charge in [0, 0.05) is 18.0 Å². The van der Waals surface area contributed by atoms with Gasteiger partial charge in [0.05, 0.1) is 19.1 Å². The minimum atomic E-state index is -4.14. The zero-order chi connectivity index (χ0) is 21.3. The molecule has 0 unspecified atom stereocenters. The highest BCUT2D eigenvalue weighted by molar-refractivity contribution is 7.90. The summed E-state index contributed by atoms with van der Waals surface area (Å²) < 4.78 is 37.3. The Balaban J connectivity index is 2.04. The lowest BCUT2D eigenvalue weighted by atomic mass is 10.1. The van der Waals surface area contributed by atoms with E-state index in [1.54, 1.807) is 13.0 Å². The van der Waals surface area contributed by atoms with Gasteiger partial charge in [-0.1, -0.05) is 6.07 Å². The van der Waals surface area contributed by atoms with Crippen molar-refractivity contribution in [2.24, 2.45) is 0 Å². The number of aromatic nitrogens is 2. The van der Waals surface area contributed by atoms with E-state index in [0.717, 1.165) is 28.1 Å². The number of hydrogen-bond acceptors (Lipinski definition) is 6. The molecule has 0 amide bonds. The summed E-state index contributed by atoms with van der Waals surface area (Å²) in [5.41, 5.74) is 0.867. The molecule has 8 nitrogen and oxygen atoms in total. The van der Waals surface area contributed by atoms with E-state index in [4.69, 9.17) is 9.47 Å². The lowest BCUT2D eigenvalue weighted by Crippen LogP contribution is -2.32. The Hall–Kier alpha value is -3.33. The van der Waals surface area contributed by atoms with Gasteiger partial charge in [-0.2, -0.15) is 3.97 Å². The van der Waals surface area contributed by atoms with Crippen LogP contribution >= 0.6 is 0 Å². The summed E-state index contributed by atoms with van der Waals surface area (Å²) in [4.78, 5) is 25.4. The number of nitrogens with zero attached hydrogens (tertiary/aromatic N) is 2. The van der Waals surface area contributed by atoms with Crippen LogP contribution in [0.1, 0.15) is 21.5 Å². The molecule has 0 atom stereocenters. The van der Waals surface area contributed by atoms with Crippen molar-refractivity contribution in [3.8, 4) is 11.5 Å². The second kappa shape index (κ2) is 7.59. The minimum Gasteiger partial charge on any atom is -0.493 e. The number of hydrogen-bond donors (Lipinski definition) is 0. The van der Waals surface area contributed by atoms with Crippen LogP contribution in [0.2, 0.25) is 0 Å². The van der Waals surface area contributed by atoms with Crippen molar-refractivity contribution in [1.29, 1.82) is 0 Å². The number of carbonyl (C=O) groups is 1. The molecule has 0 bridgehead atoms. The molecule has 0 radical (unpaired) electrons. The predicted molar refractivity (Wildman–Crippen MR) is 106 cm³/mol. The fourth-order valence-electron chi connectivity index (χ4n) is 2.79. The van der Waals surface area contributed by atoms with Crippen molar-refractivity contribution >= 4 is 15.9 Å². The monoisotopic (exact) mass is 416 g/mol. The van der Waals surface area contributed by atoms with E-state index in [0.29, 0.717) is 15.5 Å². The van der Waals surface area contributed by atoms with Crippen LogP contribution in [-0.4, -0.2) is 37.1 Å². The molecule has 29 heavy (non-hydrogen) atoms. The van der Waals surface area contributed by atoms with Crippen LogP contribution in [0, 0.1) is 13.8 Å². The Morgan fingerprint density at radius 1 is 0.897 bits per heavy atom. The topological polar surface area (TPSA) is 96.6 Å². The normalized spacial score (nSPS) is 11.3. The summed E-state index contributed by atoms with van der Waals surface area (Å²) in [5, 5.41) is 0. The third-order valence-corrected chi connectivity index (χ3v) is 6.28. The van der Waals surface area contributed by atoms with E-state index in [9.17, 15) is 18.0 Å². The number of rotatable bonds is 5. The SMILES string of the molecule is COc1ccc(C(=O)n2ccn(S(=O)(=O)c3ccc(C)c(C)c3)c2=O)cc1OC. The molecule has 0 fully saturated rings. The highest BCUT2D eigenvalue weighted by atomic mass is 32.2. The van der Waals surface area contributed by atoms with Crippen LogP contribution in [-0.2, 0) is 10.0 Å². The van der Waals surface area contributed by atoms with Gasteiger partial charge in [0.1, 0.15) is 0 Å². The molecule has 0 spiro atoms. The fourth-order valence-corrected chi connectivity index (χ4v) is 4.10. The molecule has 0 N–H and O–H groups in total. The first-order chi connectivity index (χ1) is 13.7. The van der Waals surface area contributed by atoms with E-state index in [2.05, 4.69) is 0 Å². The van der Waals surface area contributed by atoms with Crippen molar-refractivity contribution in [2.45, 2.75) is 18.7 Å². The van der Waals surface area contributed by atoms with Crippen LogP contribution in [0.4, 0.5) is 0 Å². The van der Waals surface area contributed by atoms with Gasteiger partial charge in [-0.05, 0) is 55.3 Å². The largest absolute Gasteiger partial charge is 0.493 e. The van der Waals surface area contributed by atoms with Gasteiger partial charge in [0.25, 0.3) is 15.9 Å². The Morgan fingerprint density at radius 2 is 1.59 bits per heavy atom. The van der Waals surface area contributed by atoms with Gasteiger partial charge in [0.2, 0.25) is 0 Å². The van der Waals surface area contributed by atoms with Crippen LogP contribution in [0.5, 0.6) is 11.5 Å². The Morgan fingerprint density at radius 3 is 2.21 bits per heavy atom. The zero-order valence-electron chi connectivity index (χ0n) is 16.4. The van der Waals surface area contributed by atoms with Crippen LogP contribution in [0.3, 0.4) is 0 Å². The summed E-state index contributed by atoms with van der Waals surface area (Å²) in [6, 6.07) is 9.00. The molecule has 0 saturated heterocycles. The smallest absolute Gasteiger partial charge is 0.349 e. The maximum absolute atomic E-state index is 12.9. The van der Waals surface area contributed by atoms with Crippen LogP contribution < -0.4 is 15.2 Å². The molecule has 0 aliphatic heterocycles. The average Bonchev–Trinajstić information content (AvgIpc) is 3.10. The molecule has 1 heterocycles. The Kier molecular flexibility index (Phi) is 5.34. The molecule has 3 rings (SSSR count). The van der Waals surface area contributed by atoms with Gasteiger partial charge < -0.3 is 9.47 Å². The number of aryl methyl sites for hydroxylation is 2. The molecule has 0 aliphatic carbocycles. The number of methoxy groups -OCH3 is 2. The molecule has 0 saturated carbocycles. The highest BCUT2D eigenvalue weighted by Gasteiger charge is 2.23. The van der Waals surface area contributed by atoms with Crippen molar-refractivity contribution in [3.05, 3.63) is 76.0 Å². The molecule has 0 aliphatic rings. The molecule has 3 aromatic rings. The maximum atomic E-state index is 12.9. The summed E-state index contributed by atoms with van der Waals surface area (Å²) in [6.07, 6.45) is 2.19. The predicted octanol–water partition coefficient (Wildman–Crippen LogP) is 2.21. The minimum absolute atomic E-state index is 0.0287. The average molecular weight is 416 g/mol. The second-order valence-electron chi connectivity index (χ2n) is 6.37. The first kappa shape index (κ1) is 20.4. The van der Waals surface area contributed by atoms with Gasteiger partial charge >= 0.3 is 5.69 Å². The number of benzene rings is 2. The summed E-state index contributed by atoms with van der Waals surface area (Å²) in [7, 11) is -1.26. The quantitative estimate of drug-likeness (QED) is 0.633.